The van der Waals surface area contributed by atoms with E-state index >= 15 is 0 Å². The summed E-state index contributed by atoms with van der Waals surface area (Å²) in [7, 11) is -5.07. The van der Waals surface area contributed by atoms with E-state index in [0.717, 1.165) is 70.6 Å². The lowest BCUT2D eigenvalue weighted by atomic mass is 9.99. The Morgan fingerprint density at radius 2 is 0.986 bits per heavy atom. The SMILES string of the molecule is CC/C=C\C/C=C\C/C=C\C/C=C\C/C=C\CCCCCC(=O)OC(COCCCCCCCCCCCCCC/C=C\CCCCCCCCCC)COC1OC(CO)C(O)C(OS(=O)(=O)O)C1O. The molecule has 0 aliphatic carbocycles. The third-order valence-electron chi connectivity index (χ3n) is 12.3. The van der Waals surface area contributed by atoms with Crippen molar-refractivity contribution in [3.8, 4) is 0 Å². The Hall–Kier alpha value is -2.46. The Morgan fingerprint density at radius 3 is 1.46 bits per heavy atom. The molecule has 1 saturated heterocycles. The van der Waals surface area contributed by atoms with Crippen LogP contribution >= 0.6 is 0 Å². The zero-order chi connectivity index (χ0) is 51.0. The maximum absolute atomic E-state index is 12.9. The Bertz CT molecular complexity index is 1490. The summed E-state index contributed by atoms with van der Waals surface area (Å²) in [6, 6.07) is 0. The molecular formula is C57H100O12S. The van der Waals surface area contributed by atoms with Crippen molar-refractivity contribution < 1.29 is 56.2 Å². The number of hydrogen-bond donors (Lipinski definition) is 4. The highest BCUT2D eigenvalue weighted by atomic mass is 32.3. The van der Waals surface area contributed by atoms with E-state index in [4.69, 9.17) is 18.9 Å². The molecule has 1 heterocycles. The van der Waals surface area contributed by atoms with Gasteiger partial charge in [0.15, 0.2) is 6.29 Å². The number of rotatable bonds is 48. The van der Waals surface area contributed by atoms with Gasteiger partial charge in [0, 0.05) is 13.0 Å². The molecule has 0 spiro atoms. The monoisotopic (exact) mass is 1010 g/mol. The number of hydrogen-bond acceptors (Lipinski definition) is 11. The van der Waals surface area contributed by atoms with Crippen molar-refractivity contribution in [3.63, 3.8) is 0 Å². The molecule has 6 unspecified atom stereocenters. The Morgan fingerprint density at radius 1 is 0.557 bits per heavy atom. The van der Waals surface area contributed by atoms with E-state index < -0.39 is 59.8 Å². The molecule has 13 heteroatoms. The van der Waals surface area contributed by atoms with E-state index in [1.165, 1.54) is 122 Å². The number of unbranched alkanes of at least 4 members (excludes halogenated alkanes) is 23. The van der Waals surface area contributed by atoms with Crippen LogP contribution in [0.15, 0.2) is 72.9 Å². The van der Waals surface area contributed by atoms with E-state index in [2.05, 4.69) is 90.9 Å². The number of esters is 1. The molecule has 406 valence electrons. The summed E-state index contributed by atoms with van der Waals surface area (Å²) < 4.78 is 59.3. The van der Waals surface area contributed by atoms with E-state index in [9.17, 15) is 33.1 Å². The second-order valence-electron chi connectivity index (χ2n) is 18.8. The van der Waals surface area contributed by atoms with Crippen molar-refractivity contribution in [3.05, 3.63) is 72.9 Å². The zero-order valence-corrected chi connectivity index (χ0v) is 44.6. The summed E-state index contributed by atoms with van der Waals surface area (Å²) in [6.07, 6.45) is 53.7. The Kier molecular flexibility index (Phi) is 44.5. The summed E-state index contributed by atoms with van der Waals surface area (Å²) in [5.74, 6) is -0.430. The molecule has 0 aromatic heterocycles. The molecule has 0 aromatic rings. The quantitative estimate of drug-likeness (QED) is 0.0197. The molecule has 12 nitrogen and oxygen atoms in total. The summed E-state index contributed by atoms with van der Waals surface area (Å²) in [5, 5.41) is 30.8. The lowest BCUT2D eigenvalue weighted by Crippen LogP contribution is -2.60. The van der Waals surface area contributed by atoms with Gasteiger partial charge >= 0.3 is 16.4 Å². The van der Waals surface area contributed by atoms with Crippen molar-refractivity contribution in [2.24, 2.45) is 0 Å². The number of carbonyl (C=O) groups is 1. The lowest BCUT2D eigenvalue weighted by molar-refractivity contribution is -0.301. The van der Waals surface area contributed by atoms with Gasteiger partial charge in [-0.3, -0.25) is 9.35 Å². The van der Waals surface area contributed by atoms with Crippen LogP contribution in [0.5, 0.6) is 0 Å². The molecule has 0 bridgehead atoms. The van der Waals surface area contributed by atoms with Gasteiger partial charge < -0.3 is 34.3 Å². The molecule has 1 aliphatic rings. The maximum Gasteiger partial charge on any atom is 0.397 e. The van der Waals surface area contributed by atoms with Crippen molar-refractivity contribution >= 4 is 16.4 Å². The van der Waals surface area contributed by atoms with Crippen molar-refractivity contribution in [1.82, 2.24) is 0 Å². The topological polar surface area (TPSA) is 178 Å². The third kappa shape index (κ3) is 40.1. The highest BCUT2D eigenvalue weighted by Crippen LogP contribution is 2.26. The predicted octanol–water partition coefficient (Wildman–Crippen LogP) is 13.4. The molecular weight excluding hydrogens is 909 g/mol. The van der Waals surface area contributed by atoms with Crippen LogP contribution in [0.25, 0.3) is 0 Å². The van der Waals surface area contributed by atoms with Crippen LogP contribution in [-0.2, 0) is 38.3 Å². The zero-order valence-electron chi connectivity index (χ0n) is 43.8. The molecule has 0 aromatic carbocycles. The fourth-order valence-corrected chi connectivity index (χ4v) is 8.67. The van der Waals surface area contributed by atoms with Gasteiger partial charge in [-0.2, -0.15) is 8.42 Å². The van der Waals surface area contributed by atoms with Gasteiger partial charge in [-0.05, 0) is 83.5 Å². The minimum absolute atomic E-state index is 0.0195. The molecule has 6 atom stereocenters. The molecule has 1 fully saturated rings. The first kappa shape index (κ1) is 65.6. The van der Waals surface area contributed by atoms with E-state index in [1.807, 2.05) is 0 Å². The minimum atomic E-state index is -5.07. The third-order valence-corrected chi connectivity index (χ3v) is 12.8. The average Bonchev–Trinajstić information content (AvgIpc) is 3.34. The van der Waals surface area contributed by atoms with Crippen LogP contribution in [0.4, 0.5) is 0 Å². The van der Waals surface area contributed by atoms with Gasteiger partial charge in [0.1, 0.15) is 30.5 Å². The van der Waals surface area contributed by atoms with Crippen LogP contribution in [0.3, 0.4) is 0 Å². The minimum Gasteiger partial charge on any atom is -0.457 e. The summed E-state index contributed by atoms with van der Waals surface area (Å²) in [4.78, 5) is 12.9. The van der Waals surface area contributed by atoms with Crippen LogP contribution in [0, 0.1) is 0 Å². The van der Waals surface area contributed by atoms with Crippen LogP contribution < -0.4 is 0 Å². The lowest BCUT2D eigenvalue weighted by Gasteiger charge is -2.41. The maximum atomic E-state index is 12.9. The number of ether oxygens (including phenoxy) is 4. The fraction of sp³-hybridized carbons (Fsp3) is 0.772. The molecule has 0 amide bonds. The first-order chi connectivity index (χ1) is 34.1. The van der Waals surface area contributed by atoms with Crippen molar-refractivity contribution in [2.75, 3.05) is 26.4 Å². The van der Waals surface area contributed by atoms with Gasteiger partial charge in [0.25, 0.3) is 0 Å². The summed E-state index contributed by atoms with van der Waals surface area (Å²) in [5.41, 5.74) is 0. The Balaban J connectivity index is 2.34. The number of allylic oxidation sites excluding steroid dienone is 12. The van der Waals surface area contributed by atoms with Crippen LogP contribution in [0.1, 0.15) is 219 Å². The molecule has 1 aliphatic heterocycles. The van der Waals surface area contributed by atoms with Crippen molar-refractivity contribution in [2.45, 2.75) is 256 Å². The fourth-order valence-electron chi connectivity index (χ4n) is 8.17. The first-order valence-electron chi connectivity index (χ1n) is 27.7. The van der Waals surface area contributed by atoms with Gasteiger partial charge in [-0.1, -0.05) is 202 Å². The normalized spacial score (nSPS) is 19.7. The molecule has 1 rings (SSSR count). The summed E-state index contributed by atoms with van der Waals surface area (Å²) >= 11 is 0. The van der Waals surface area contributed by atoms with Crippen LogP contribution in [-0.4, -0.2) is 97.5 Å². The molecule has 0 radical (unpaired) electrons. The number of aliphatic hydroxyl groups is 3. The predicted molar refractivity (Wildman–Crippen MR) is 285 cm³/mol. The van der Waals surface area contributed by atoms with Gasteiger partial charge in [-0.15, -0.1) is 0 Å². The highest BCUT2D eigenvalue weighted by molar-refractivity contribution is 7.80. The second-order valence-corrected chi connectivity index (χ2v) is 19.8. The smallest absolute Gasteiger partial charge is 0.397 e. The van der Waals surface area contributed by atoms with E-state index in [1.54, 1.807) is 0 Å². The number of aliphatic hydroxyl groups excluding tert-OH is 3. The molecule has 4 N–H and O–H groups in total. The first-order valence-corrected chi connectivity index (χ1v) is 29.1. The standard InChI is InChI=1S/C57H100O12S/c1-3-5-7-9-11-13-15-17-19-21-23-24-25-26-27-29-31-33-35-37-39-41-43-45-47-65-49-51(50-66-57-55(61)56(69-70(62,63)64)54(60)52(48-58)68-57)67-53(59)46-44-42-40-38-36-34-32-30-28-22-20-18-16-14-12-10-8-6-4-2/h6,8,12,14,18,20-21,23,28,30,34,36,51-52,54-58,60-61H,3-5,7,9-11,13,15-17,19,22,24-27,29,31-33,35,37-50H2,1-2H3,(H,62,63,64)/b8-6-,14-12-,20-18-,23-21-,30-28-,36-34-. The largest absolute Gasteiger partial charge is 0.457 e. The average molecular weight is 1010 g/mol. The second kappa shape index (κ2) is 47.5. The van der Waals surface area contributed by atoms with Crippen molar-refractivity contribution in [1.29, 1.82) is 0 Å². The molecule has 0 saturated carbocycles. The molecule has 70 heavy (non-hydrogen) atoms. The Labute approximate surface area is 426 Å². The van der Waals surface area contributed by atoms with Gasteiger partial charge in [-0.25, -0.2) is 4.18 Å². The van der Waals surface area contributed by atoms with E-state index in [0.29, 0.717) is 13.0 Å². The van der Waals surface area contributed by atoms with Crippen LogP contribution in [0.2, 0.25) is 0 Å². The van der Waals surface area contributed by atoms with Gasteiger partial charge in [0.2, 0.25) is 0 Å². The summed E-state index contributed by atoms with van der Waals surface area (Å²) in [6.45, 7) is 3.85. The van der Waals surface area contributed by atoms with Gasteiger partial charge in [0.05, 0.1) is 19.8 Å². The highest BCUT2D eigenvalue weighted by Gasteiger charge is 2.48. The number of carbonyl (C=O) groups excluding carboxylic acids is 1. The van der Waals surface area contributed by atoms with E-state index in [-0.39, 0.29) is 19.6 Å².